The quantitative estimate of drug-likeness (QED) is 0.518. The fourth-order valence-electron chi connectivity index (χ4n) is 3.35. The average Bonchev–Trinajstić information content (AvgIpc) is 2.78. The van der Waals surface area contributed by atoms with Crippen LogP contribution in [0.2, 0.25) is 0 Å². The van der Waals surface area contributed by atoms with Gasteiger partial charge in [0.05, 0.1) is 32.1 Å². The molecule has 1 N–H and O–H groups in total. The molecule has 166 valence electrons. The number of carbonyl (C=O) groups excluding carboxylic acids is 1. The van der Waals surface area contributed by atoms with Crippen LogP contribution in [-0.2, 0) is 11.3 Å². The number of ether oxygens (including phenoxy) is 3. The van der Waals surface area contributed by atoms with Gasteiger partial charge in [-0.1, -0.05) is 0 Å². The van der Waals surface area contributed by atoms with E-state index >= 15 is 0 Å². The molecule has 3 rings (SSSR count). The Balaban J connectivity index is 1.67. The van der Waals surface area contributed by atoms with Gasteiger partial charge in [0, 0.05) is 30.8 Å². The first-order valence-electron chi connectivity index (χ1n) is 10.5. The van der Waals surface area contributed by atoms with Crippen LogP contribution < -0.4 is 14.9 Å². The molecular weight excluding hydrogens is 394 g/mol. The predicted octanol–water partition coefficient (Wildman–Crippen LogP) is 3.47. The maximum absolute atomic E-state index is 12.4. The summed E-state index contributed by atoms with van der Waals surface area (Å²) in [5, 5.41) is 4.30. The van der Waals surface area contributed by atoms with E-state index in [1.165, 1.54) is 0 Å². The molecule has 0 radical (unpaired) electrons. The van der Waals surface area contributed by atoms with E-state index in [0.29, 0.717) is 5.56 Å². The zero-order valence-corrected chi connectivity index (χ0v) is 18.7. The summed E-state index contributed by atoms with van der Waals surface area (Å²) in [4.78, 5) is 14.8. The molecule has 0 bridgehead atoms. The van der Waals surface area contributed by atoms with Gasteiger partial charge < -0.3 is 14.2 Å². The van der Waals surface area contributed by atoms with Gasteiger partial charge in [-0.15, -0.1) is 0 Å². The minimum Gasteiger partial charge on any atom is -0.496 e. The lowest BCUT2D eigenvalue weighted by molar-refractivity contribution is 0.0339. The first-order valence-corrected chi connectivity index (χ1v) is 10.5. The highest BCUT2D eigenvalue weighted by atomic mass is 16.5. The van der Waals surface area contributed by atoms with E-state index in [-0.39, 0.29) is 12.0 Å². The number of rotatable bonds is 8. The third kappa shape index (κ3) is 6.54. The molecule has 1 aliphatic heterocycles. The Kier molecular flexibility index (Phi) is 8.03. The summed E-state index contributed by atoms with van der Waals surface area (Å²) in [6.07, 6.45) is 0.0876. The molecule has 1 fully saturated rings. The van der Waals surface area contributed by atoms with Crippen molar-refractivity contribution in [3.63, 3.8) is 0 Å². The lowest BCUT2D eigenvalue weighted by atomic mass is 10.1. The smallest absolute Gasteiger partial charge is 0.271 e. The number of benzene rings is 2. The van der Waals surface area contributed by atoms with Gasteiger partial charge in [-0.3, -0.25) is 9.69 Å². The van der Waals surface area contributed by atoms with Crippen LogP contribution >= 0.6 is 0 Å². The second-order valence-corrected chi connectivity index (χ2v) is 7.74. The summed E-state index contributed by atoms with van der Waals surface area (Å²) < 4.78 is 16.6. The molecule has 1 amide bonds. The fraction of sp³-hybridized carbons (Fsp3) is 0.417. The van der Waals surface area contributed by atoms with Gasteiger partial charge in [0.1, 0.15) is 11.5 Å². The standard InChI is InChI=1S/C24H31N3O4/c1-17(2)31-22-8-5-19(6-9-22)24(28)26-25-18(3)20-7-10-23(29-4)21(15-20)16-27-11-13-30-14-12-27/h5-10,15,17H,11-14,16H2,1-4H3,(H,26,28)/b25-18-. The summed E-state index contributed by atoms with van der Waals surface area (Å²) in [6.45, 7) is 9.88. The van der Waals surface area contributed by atoms with Crippen molar-refractivity contribution in [1.29, 1.82) is 0 Å². The Morgan fingerprint density at radius 2 is 1.81 bits per heavy atom. The molecule has 31 heavy (non-hydrogen) atoms. The molecule has 1 heterocycles. The van der Waals surface area contributed by atoms with Crippen molar-refractivity contribution in [2.45, 2.75) is 33.4 Å². The van der Waals surface area contributed by atoms with Crippen molar-refractivity contribution in [3.05, 3.63) is 59.2 Å². The van der Waals surface area contributed by atoms with Gasteiger partial charge in [-0.05, 0) is 68.8 Å². The Labute approximate surface area is 184 Å². The van der Waals surface area contributed by atoms with E-state index < -0.39 is 0 Å². The number of nitrogens with zero attached hydrogens (tertiary/aromatic N) is 2. The van der Waals surface area contributed by atoms with Crippen molar-refractivity contribution in [1.82, 2.24) is 10.3 Å². The molecule has 0 saturated carbocycles. The molecule has 0 atom stereocenters. The molecule has 1 aliphatic rings. The van der Waals surface area contributed by atoms with Gasteiger partial charge in [0.25, 0.3) is 5.91 Å². The van der Waals surface area contributed by atoms with Crippen LogP contribution in [0.5, 0.6) is 11.5 Å². The molecule has 2 aromatic rings. The molecule has 0 aromatic heterocycles. The highest BCUT2D eigenvalue weighted by Gasteiger charge is 2.14. The Morgan fingerprint density at radius 3 is 2.45 bits per heavy atom. The summed E-state index contributed by atoms with van der Waals surface area (Å²) >= 11 is 0. The topological polar surface area (TPSA) is 72.4 Å². The highest BCUT2D eigenvalue weighted by Crippen LogP contribution is 2.22. The van der Waals surface area contributed by atoms with E-state index in [0.717, 1.165) is 61.2 Å². The van der Waals surface area contributed by atoms with Crippen molar-refractivity contribution in [3.8, 4) is 11.5 Å². The van der Waals surface area contributed by atoms with Crippen molar-refractivity contribution in [2.24, 2.45) is 5.10 Å². The average molecular weight is 426 g/mol. The molecule has 0 aliphatic carbocycles. The van der Waals surface area contributed by atoms with Gasteiger partial charge >= 0.3 is 0 Å². The van der Waals surface area contributed by atoms with Gasteiger partial charge in [0.2, 0.25) is 0 Å². The van der Waals surface area contributed by atoms with Crippen LogP contribution in [-0.4, -0.2) is 56.0 Å². The fourth-order valence-corrected chi connectivity index (χ4v) is 3.35. The van der Waals surface area contributed by atoms with E-state index in [2.05, 4.69) is 21.5 Å². The van der Waals surface area contributed by atoms with Gasteiger partial charge in [-0.2, -0.15) is 5.10 Å². The maximum Gasteiger partial charge on any atom is 0.271 e. The van der Waals surface area contributed by atoms with Gasteiger partial charge in [0.15, 0.2) is 0 Å². The number of hydrogen-bond donors (Lipinski definition) is 1. The monoisotopic (exact) mass is 425 g/mol. The molecule has 7 heteroatoms. The minimum absolute atomic E-state index is 0.0876. The van der Waals surface area contributed by atoms with Crippen LogP contribution in [0.15, 0.2) is 47.6 Å². The molecule has 1 saturated heterocycles. The number of nitrogens with one attached hydrogen (secondary N) is 1. The zero-order valence-electron chi connectivity index (χ0n) is 18.7. The Bertz CT molecular complexity index is 904. The van der Waals surface area contributed by atoms with E-state index in [4.69, 9.17) is 14.2 Å². The van der Waals surface area contributed by atoms with Crippen molar-refractivity contribution < 1.29 is 19.0 Å². The lowest BCUT2D eigenvalue weighted by Crippen LogP contribution is -2.35. The van der Waals surface area contributed by atoms with E-state index in [9.17, 15) is 4.79 Å². The number of hydrazone groups is 1. The summed E-state index contributed by atoms with van der Waals surface area (Å²) in [5.41, 5.74) is 5.90. The summed E-state index contributed by atoms with van der Waals surface area (Å²) in [6, 6.07) is 13.0. The largest absolute Gasteiger partial charge is 0.496 e. The SMILES string of the molecule is COc1ccc(/C(C)=N\NC(=O)c2ccc(OC(C)C)cc2)cc1CN1CCOCC1. The maximum atomic E-state index is 12.4. The number of carbonyl (C=O) groups is 1. The number of amides is 1. The number of methoxy groups -OCH3 is 1. The molecule has 7 nitrogen and oxygen atoms in total. The first kappa shape index (κ1) is 22.8. The van der Waals surface area contributed by atoms with E-state index in [1.54, 1.807) is 31.4 Å². The number of morpholine rings is 1. The summed E-state index contributed by atoms with van der Waals surface area (Å²) in [7, 11) is 1.68. The molecule has 2 aromatic carbocycles. The van der Waals surface area contributed by atoms with Crippen LogP contribution in [0.1, 0.15) is 42.3 Å². The van der Waals surface area contributed by atoms with Crippen LogP contribution in [0.3, 0.4) is 0 Å². The predicted molar refractivity (Wildman–Crippen MR) is 121 cm³/mol. The Morgan fingerprint density at radius 1 is 1.13 bits per heavy atom. The zero-order chi connectivity index (χ0) is 22.2. The van der Waals surface area contributed by atoms with Crippen LogP contribution in [0.25, 0.3) is 0 Å². The Hall–Kier alpha value is -2.90. The van der Waals surface area contributed by atoms with Gasteiger partial charge in [-0.25, -0.2) is 5.43 Å². The second kappa shape index (κ2) is 10.9. The minimum atomic E-state index is -0.266. The second-order valence-electron chi connectivity index (χ2n) is 7.74. The third-order valence-electron chi connectivity index (χ3n) is 5.01. The van der Waals surface area contributed by atoms with Crippen molar-refractivity contribution >= 4 is 11.6 Å². The van der Waals surface area contributed by atoms with E-state index in [1.807, 2.05) is 32.9 Å². The molecule has 0 spiro atoms. The van der Waals surface area contributed by atoms with Crippen LogP contribution in [0.4, 0.5) is 0 Å². The molecular formula is C24H31N3O4. The normalized spacial score (nSPS) is 15.1. The number of hydrogen-bond acceptors (Lipinski definition) is 6. The highest BCUT2D eigenvalue weighted by molar-refractivity contribution is 6.01. The lowest BCUT2D eigenvalue weighted by Gasteiger charge is -2.27. The molecule has 0 unspecified atom stereocenters. The first-order chi connectivity index (χ1) is 15.0. The van der Waals surface area contributed by atoms with Crippen LogP contribution in [0, 0.1) is 0 Å². The van der Waals surface area contributed by atoms with Crippen molar-refractivity contribution in [2.75, 3.05) is 33.4 Å². The third-order valence-corrected chi connectivity index (χ3v) is 5.01. The summed E-state index contributed by atoms with van der Waals surface area (Å²) in [5.74, 6) is 1.31.